The molecule has 7 heteroatoms. The maximum absolute atomic E-state index is 12.6. The number of fused-ring (bicyclic) bond motifs is 1. The second-order valence-electron chi connectivity index (χ2n) is 7.26. The highest BCUT2D eigenvalue weighted by atomic mass is 16.2. The van der Waals surface area contributed by atoms with E-state index in [1.54, 1.807) is 23.3 Å². The summed E-state index contributed by atoms with van der Waals surface area (Å²) in [6, 6.07) is 0.423. The number of rotatable bonds is 4. The predicted octanol–water partition coefficient (Wildman–Crippen LogP) is 1.35. The Balaban J connectivity index is 1.41. The minimum atomic E-state index is 0.165. The molecule has 0 spiro atoms. The fourth-order valence-corrected chi connectivity index (χ4v) is 4.36. The Morgan fingerprint density at radius 1 is 1.28 bits per heavy atom. The third-order valence-corrected chi connectivity index (χ3v) is 5.64. The summed E-state index contributed by atoms with van der Waals surface area (Å²) in [6.45, 7) is 4.02. The van der Waals surface area contributed by atoms with Crippen molar-refractivity contribution < 1.29 is 4.79 Å². The van der Waals surface area contributed by atoms with Gasteiger partial charge in [-0.1, -0.05) is 0 Å². The first-order valence-electron chi connectivity index (χ1n) is 8.87. The van der Waals surface area contributed by atoms with Gasteiger partial charge in [-0.15, -0.1) is 0 Å². The van der Waals surface area contributed by atoms with Crippen LogP contribution in [-0.2, 0) is 11.3 Å². The van der Waals surface area contributed by atoms with Crippen LogP contribution in [0.15, 0.2) is 31.0 Å². The first kappa shape index (κ1) is 16.1. The van der Waals surface area contributed by atoms with Crippen LogP contribution >= 0.6 is 0 Å². The summed E-state index contributed by atoms with van der Waals surface area (Å²) >= 11 is 0. The number of nitrogens with zero attached hydrogens (tertiary/aromatic N) is 6. The molecule has 2 aromatic heterocycles. The molecule has 0 radical (unpaired) electrons. The van der Waals surface area contributed by atoms with Gasteiger partial charge < -0.3 is 9.80 Å². The summed E-state index contributed by atoms with van der Waals surface area (Å²) < 4.78 is 1.73. The van der Waals surface area contributed by atoms with Crippen molar-refractivity contribution in [2.75, 3.05) is 25.0 Å². The molecule has 4 rings (SSSR count). The lowest BCUT2D eigenvalue weighted by atomic mass is 9.97. The molecule has 0 N–H and O–H groups in total. The number of hydrogen-bond acceptors (Lipinski definition) is 5. The molecule has 2 fully saturated rings. The lowest BCUT2D eigenvalue weighted by Crippen LogP contribution is -2.39. The Kier molecular flexibility index (Phi) is 4.15. The van der Waals surface area contributed by atoms with Crippen LogP contribution in [0.5, 0.6) is 0 Å². The first-order chi connectivity index (χ1) is 12.1. The molecule has 3 heterocycles. The zero-order chi connectivity index (χ0) is 17.4. The summed E-state index contributed by atoms with van der Waals surface area (Å²) in [5, 5.41) is 4.23. The number of carbonyl (C=O) groups excluding carboxylic acids is 1. The number of hydrogen-bond donors (Lipinski definition) is 0. The van der Waals surface area contributed by atoms with Crippen LogP contribution in [0.4, 0.5) is 5.82 Å². The predicted molar refractivity (Wildman–Crippen MR) is 94.0 cm³/mol. The van der Waals surface area contributed by atoms with Crippen LogP contribution < -0.4 is 4.90 Å². The Morgan fingerprint density at radius 3 is 2.88 bits per heavy atom. The normalized spacial score (nSPS) is 25.2. The average Bonchev–Trinajstić information content (AvgIpc) is 3.30. The zero-order valence-electron chi connectivity index (χ0n) is 14.7. The maximum atomic E-state index is 12.6. The molecule has 132 valence electrons. The van der Waals surface area contributed by atoms with Gasteiger partial charge in [0.15, 0.2) is 0 Å². The molecule has 1 amide bonds. The molecule has 1 aliphatic heterocycles. The van der Waals surface area contributed by atoms with Gasteiger partial charge in [-0.05, 0) is 31.2 Å². The van der Waals surface area contributed by atoms with E-state index in [1.165, 1.54) is 6.42 Å². The molecule has 7 nitrogen and oxygen atoms in total. The van der Waals surface area contributed by atoms with Crippen molar-refractivity contribution in [1.29, 1.82) is 0 Å². The minimum absolute atomic E-state index is 0.165. The van der Waals surface area contributed by atoms with E-state index in [0.29, 0.717) is 24.4 Å². The van der Waals surface area contributed by atoms with Crippen molar-refractivity contribution in [2.45, 2.75) is 32.4 Å². The topological polar surface area (TPSA) is 67.2 Å². The van der Waals surface area contributed by atoms with Crippen molar-refractivity contribution in [3.8, 4) is 0 Å². The lowest BCUT2D eigenvalue weighted by molar-refractivity contribution is -0.131. The molecule has 1 saturated carbocycles. The molecule has 1 aliphatic carbocycles. The number of aryl methyl sites for hydroxylation is 1. The van der Waals surface area contributed by atoms with Gasteiger partial charge in [-0.25, -0.2) is 4.98 Å². The number of likely N-dealkylation sites (tertiary alicyclic amines) is 1. The van der Waals surface area contributed by atoms with Gasteiger partial charge in [0.2, 0.25) is 5.91 Å². The third-order valence-electron chi connectivity index (χ3n) is 5.64. The summed E-state index contributed by atoms with van der Waals surface area (Å²) in [6.07, 6.45) is 11.3. The number of amides is 1. The van der Waals surface area contributed by atoms with Crippen molar-refractivity contribution in [1.82, 2.24) is 24.6 Å². The van der Waals surface area contributed by atoms with E-state index in [4.69, 9.17) is 0 Å². The van der Waals surface area contributed by atoms with Crippen molar-refractivity contribution in [3.05, 3.63) is 36.5 Å². The highest BCUT2D eigenvalue weighted by Gasteiger charge is 2.45. The van der Waals surface area contributed by atoms with Gasteiger partial charge in [0.25, 0.3) is 0 Å². The maximum Gasteiger partial charge on any atom is 0.244 e. The van der Waals surface area contributed by atoms with E-state index in [0.717, 1.165) is 30.9 Å². The van der Waals surface area contributed by atoms with Crippen LogP contribution in [0.25, 0.3) is 0 Å². The fourth-order valence-electron chi connectivity index (χ4n) is 4.36. The van der Waals surface area contributed by atoms with Gasteiger partial charge in [0, 0.05) is 50.7 Å². The summed E-state index contributed by atoms with van der Waals surface area (Å²) in [5.41, 5.74) is 1.08. The summed E-state index contributed by atoms with van der Waals surface area (Å²) in [5.74, 6) is 2.17. The molecular formula is C18H24N6O. The molecule has 0 unspecified atom stereocenters. The van der Waals surface area contributed by atoms with Crippen LogP contribution in [0, 0.1) is 18.8 Å². The molecule has 3 atom stereocenters. The van der Waals surface area contributed by atoms with Crippen molar-refractivity contribution in [2.24, 2.45) is 11.8 Å². The molecule has 1 saturated heterocycles. The molecule has 0 aromatic carbocycles. The van der Waals surface area contributed by atoms with E-state index >= 15 is 0 Å². The van der Waals surface area contributed by atoms with Gasteiger partial charge in [-0.2, -0.15) is 5.10 Å². The SMILES string of the molecule is Cc1cnn(CC(=O)N2C[C@H]3CC[C@H](N(C)c4cnccn4)[C@H]3C2)c1. The van der Waals surface area contributed by atoms with E-state index in [-0.39, 0.29) is 5.91 Å². The van der Waals surface area contributed by atoms with Gasteiger partial charge >= 0.3 is 0 Å². The monoisotopic (exact) mass is 340 g/mol. The molecular weight excluding hydrogens is 316 g/mol. The van der Waals surface area contributed by atoms with E-state index < -0.39 is 0 Å². The van der Waals surface area contributed by atoms with Crippen molar-refractivity contribution >= 4 is 11.7 Å². The highest BCUT2D eigenvalue weighted by molar-refractivity contribution is 5.76. The Morgan fingerprint density at radius 2 is 2.16 bits per heavy atom. The largest absolute Gasteiger partial charge is 0.355 e. The summed E-state index contributed by atoms with van der Waals surface area (Å²) in [4.78, 5) is 25.5. The second-order valence-corrected chi connectivity index (χ2v) is 7.26. The molecule has 2 aromatic rings. The molecule has 25 heavy (non-hydrogen) atoms. The molecule has 2 aliphatic rings. The first-order valence-corrected chi connectivity index (χ1v) is 8.87. The number of aromatic nitrogens is 4. The van der Waals surface area contributed by atoms with Crippen molar-refractivity contribution in [3.63, 3.8) is 0 Å². The Labute approximate surface area is 147 Å². The zero-order valence-corrected chi connectivity index (χ0v) is 14.7. The summed E-state index contributed by atoms with van der Waals surface area (Å²) in [7, 11) is 2.09. The van der Waals surface area contributed by atoms with Crippen LogP contribution in [0.3, 0.4) is 0 Å². The average molecular weight is 340 g/mol. The van der Waals surface area contributed by atoms with Crippen LogP contribution in [0.1, 0.15) is 18.4 Å². The molecule has 0 bridgehead atoms. The highest BCUT2D eigenvalue weighted by Crippen LogP contribution is 2.41. The minimum Gasteiger partial charge on any atom is -0.355 e. The third kappa shape index (κ3) is 3.10. The van der Waals surface area contributed by atoms with Crippen LogP contribution in [0.2, 0.25) is 0 Å². The fraction of sp³-hybridized carbons (Fsp3) is 0.556. The van der Waals surface area contributed by atoms with E-state index in [1.807, 2.05) is 24.2 Å². The van der Waals surface area contributed by atoms with Gasteiger partial charge in [0.05, 0.1) is 12.4 Å². The quantitative estimate of drug-likeness (QED) is 0.841. The van der Waals surface area contributed by atoms with E-state index in [9.17, 15) is 4.79 Å². The Bertz CT molecular complexity index is 745. The Hall–Kier alpha value is -2.44. The number of carbonyl (C=O) groups is 1. The van der Waals surface area contributed by atoms with E-state index in [2.05, 4.69) is 27.0 Å². The second kappa shape index (κ2) is 6.46. The number of anilines is 1. The van der Waals surface area contributed by atoms with Gasteiger partial charge in [0.1, 0.15) is 12.4 Å². The van der Waals surface area contributed by atoms with Gasteiger partial charge in [-0.3, -0.25) is 14.5 Å². The smallest absolute Gasteiger partial charge is 0.244 e. The lowest BCUT2D eigenvalue weighted by Gasteiger charge is -2.30. The standard InChI is InChI=1S/C18H24N6O/c1-13-7-21-24(9-13)12-18(25)23-10-14-3-4-16(15(14)11-23)22(2)17-8-19-5-6-20-17/h5-9,14-16H,3-4,10-12H2,1-2H3/t14-,15+,16+/m1/s1. The van der Waals surface area contributed by atoms with Crippen LogP contribution in [-0.4, -0.2) is 56.7 Å².